The van der Waals surface area contributed by atoms with E-state index in [1.54, 1.807) is 42.5 Å². The zero-order chi connectivity index (χ0) is 22.5. The molecule has 0 spiro atoms. The third kappa shape index (κ3) is 8.61. The van der Waals surface area contributed by atoms with E-state index < -0.39 is 0 Å². The highest BCUT2D eigenvalue weighted by Crippen LogP contribution is 2.26. The van der Waals surface area contributed by atoms with Gasteiger partial charge in [0.25, 0.3) is 0 Å². The summed E-state index contributed by atoms with van der Waals surface area (Å²) >= 11 is 0. The molecule has 2 aromatic rings. The molecule has 2 rings (SSSR count). The Kier molecular flexibility index (Phi) is 9.61. The number of ether oxygens (including phenoxy) is 1. The molecule has 0 saturated heterocycles. The summed E-state index contributed by atoms with van der Waals surface area (Å²) in [6.45, 7) is 0. The highest BCUT2D eigenvalue weighted by atomic mass is 16.5. The summed E-state index contributed by atoms with van der Waals surface area (Å²) in [6.07, 6.45) is 7.54. The lowest BCUT2D eigenvalue weighted by Crippen LogP contribution is -2.16. The van der Waals surface area contributed by atoms with Crippen LogP contribution in [0.3, 0.4) is 0 Å². The van der Waals surface area contributed by atoms with Crippen LogP contribution in [0.4, 0.5) is 5.69 Å². The number of methoxy groups -OCH3 is 1. The zero-order valence-corrected chi connectivity index (χ0v) is 17.4. The minimum absolute atomic E-state index is 0.0331. The fourth-order valence-electron chi connectivity index (χ4n) is 2.70. The SMILES string of the molecule is COc1cc(/C=C/C=N/NC(=O)CCCCCC(=O)Nc2ccccc2O)ccc1O. The van der Waals surface area contributed by atoms with Crippen LogP contribution in [0.5, 0.6) is 17.2 Å². The van der Waals surface area contributed by atoms with Gasteiger partial charge >= 0.3 is 0 Å². The fraction of sp³-hybridized carbons (Fsp3) is 0.261. The molecular weight excluding hydrogens is 398 g/mol. The lowest BCUT2D eigenvalue weighted by molar-refractivity contribution is -0.121. The lowest BCUT2D eigenvalue weighted by Gasteiger charge is -2.06. The van der Waals surface area contributed by atoms with Gasteiger partial charge in [0.1, 0.15) is 5.75 Å². The van der Waals surface area contributed by atoms with Gasteiger partial charge < -0.3 is 20.3 Å². The maximum Gasteiger partial charge on any atom is 0.240 e. The number of phenols is 2. The number of anilines is 1. The maximum absolute atomic E-state index is 11.9. The minimum Gasteiger partial charge on any atom is -0.506 e. The van der Waals surface area contributed by atoms with Crippen molar-refractivity contribution in [1.82, 2.24) is 5.43 Å². The van der Waals surface area contributed by atoms with Crippen molar-refractivity contribution in [3.05, 3.63) is 54.1 Å². The number of benzene rings is 2. The standard InChI is InChI=1S/C23H27N3O5/c1-31-21-16-17(13-14-20(21)28)8-7-15-24-26-23(30)12-4-2-3-11-22(29)25-18-9-5-6-10-19(18)27/h5-10,13-16,27-28H,2-4,11-12H2,1H3,(H,25,29)(H,26,30)/b8-7+,24-15+. The van der Waals surface area contributed by atoms with Crippen LogP contribution in [0.25, 0.3) is 6.08 Å². The number of nitrogens with zero attached hydrogens (tertiary/aromatic N) is 1. The monoisotopic (exact) mass is 425 g/mol. The van der Waals surface area contributed by atoms with Crippen LogP contribution in [0, 0.1) is 0 Å². The molecule has 31 heavy (non-hydrogen) atoms. The average Bonchev–Trinajstić information content (AvgIpc) is 2.76. The number of nitrogens with one attached hydrogen (secondary N) is 2. The van der Waals surface area contributed by atoms with Gasteiger partial charge in [-0.3, -0.25) is 9.59 Å². The summed E-state index contributed by atoms with van der Waals surface area (Å²) < 4.78 is 5.04. The van der Waals surface area contributed by atoms with E-state index in [1.807, 2.05) is 0 Å². The number of para-hydroxylation sites is 2. The molecule has 0 heterocycles. The first kappa shape index (κ1) is 23.5. The van der Waals surface area contributed by atoms with E-state index in [1.165, 1.54) is 25.5 Å². The van der Waals surface area contributed by atoms with E-state index >= 15 is 0 Å². The van der Waals surface area contributed by atoms with Gasteiger partial charge in [-0.05, 0) is 48.7 Å². The van der Waals surface area contributed by atoms with Crippen LogP contribution in [-0.4, -0.2) is 35.4 Å². The van der Waals surface area contributed by atoms with Crippen molar-refractivity contribution in [3.63, 3.8) is 0 Å². The lowest BCUT2D eigenvalue weighted by atomic mass is 10.1. The molecule has 0 fully saturated rings. The predicted octanol–water partition coefficient (Wildman–Crippen LogP) is 3.81. The molecule has 4 N–H and O–H groups in total. The number of aromatic hydroxyl groups is 2. The van der Waals surface area contributed by atoms with Crippen LogP contribution in [0.2, 0.25) is 0 Å². The number of hydrogen-bond donors (Lipinski definition) is 4. The van der Waals surface area contributed by atoms with Crippen molar-refractivity contribution in [3.8, 4) is 17.2 Å². The zero-order valence-electron chi connectivity index (χ0n) is 17.4. The summed E-state index contributed by atoms with van der Waals surface area (Å²) in [5.41, 5.74) is 3.66. The van der Waals surface area contributed by atoms with Gasteiger partial charge in [0.15, 0.2) is 11.5 Å². The van der Waals surface area contributed by atoms with Gasteiger partial charge in [0.2, 0.25) is 11.8 Å². The third-order valence-corrected chi connectivity index (χ3v) is 4.33. The van der Waals surface area contributed by atoms with Crippen molar-refractivity contribution in [2.45, 2.75) is 32.1 Å². The van der Waals surface area contributed by atoms with Gasteiger partial charge in [-0.25, -0.2) is 5.43 Å². The molecule has 2 aromatic carbocycles. The molecule has 0 aromatic heterocycles. The van der Waals surface area contributed by atoms with Gasteiger partial charge in [-0.15, -0.1) is 0 Å². The van der Waals surface area contributed by atoms with E-state index in [9.17, 15) is 19.8 Å². The molecule has 8 heteroatoms. The Balaban J connectivity index is 1.58. The van der Waals surface area contributed by atoms with Gasteiger partial charge in [0.05, 0.1) is 12.8 Å². The number of allylic oxidation sites excluding steroid dienone is 1. The van der Waals surface area contributed by atoms with Gasteiger partial charge in [-0.2, -0.15) is 5.10 Å². The molecule has 0 saturated carbocycles. The number of unbranched alkanes of at least 4 members (excludes halogenated alkanes) is 2. The number of rotatable bonds is 11. The van der Waals surface area contributed by atoms with Crippen LogP contribution in [-0.2, 0) is 9.59 Å². The second-order valence-corrected chi connectivity index (χ2v) is 6.73. The Morgan fingerprint density at radius 3 is 2.48 bits per heavy atom. The summed E-state index contributed by atoms with van der Waals surface area (Å²) in [5, 5.41) is 25.7. The first-order chi connectivity index (χ1) is 15.0. The van der Waals surface area contributed by atoms with Crippen molar-refractivity contribution < 1.29 is 24.5 Å². The topological polar surface area (TPSA) is 120 Å². The van der Waals surface area contributed by atoms with Gasteiger partial charge in [0, 0.05) is 19.1 Å². The van der Waals surface area contributed by atoms with Crippen molar-refractivity contribution >= 4 is 29.8 Å². The molecule has 2 amide bonds. The van der Waals surface area contributed by atoms with E-state index in [4.69, 9.17) is 4.74 Å². The molecule has 0 aliphatic carbocycles. The Bertz CT molecular complexity index is 941. The number of hydrogen-bond acceptors (Lipinski definition) is 6. The van der Waals surface area contributed by atoms with Crippen LogP contribution >= 0.6 is 0 Å². The summed E-state index contributed by atoms with van der Waals surface area (Å²) in [6, 6.07) is 11.5. The molecule has 0 unspecified atom stereocenters. The van der Waals surface area contributed by atoms with Crippen molar-refractivity contribution in [2.75, 3.05) is 12.4 Å². The Morgan fingerprint density at radius 2 is 1.74 bits per heavy atom. The van der Waals surface area contributed by atoms with Crippen LogP contribution in [0.15, 0.2) is 53.6 Å². The molecule has 0 radical (unpaired) electrons. The smallest absolute Gasteiger partial charge is 0.240 e. The van der Waals surface area contributed by atoms with Crippen LogP contribution < -0.4 is 15.5 Å². The largest absolute Gasteiger partial charge is 0.506 e. The minimum atomic E-state index is -0.199. The van der Waals surface area contributed by atoms with Crippen molar-refractivity contribution in [2.24, 2.45) is 5.10 Å². The number of hydrazone groups is 1. The molecular formula is C23H27N3O5. The molecule has 8 nitrogen and oxygen atoms in total. The first-order valence-corrected chi connectivity index (χ1v) is 9.93. The molecule has 0 aliphatic rings. The molecule has 164 valence electrons. The summed E-state index contributed by atoms with van der Waals surface area (Å²) in [7, 11) is 1.48. The maximum atomic E-state index is 11.9. The Hall–Kier alpha value is -3.81. The molecule has 0 atom stereocenters. The number of phenolic OH excluding ortho intramolecular Hbond substituents is 2. The number of carbonyl (C=O) groups excluding carboxylic acids is 2. The number of carbonyl (C=O) groups is 2. The number of amides is 2. The van der Waals surface area contributed by atoms with E-state index in [0.29, 0.717) is 37.1 Å². The summed E-state index contributed by atoms with van der Waals surface area (Å²) in [4.78, 5) is 23.6. The van der Waals surface area contributed by atoms with Crippen LogP contribution in [0.1, 0.15) is 37.7 Å². The van der Waals surface area contributed by atoms with E-state index in [2.05, 4.69) is 15.8 Å². The normalized spacial score (nSPS) is 11.0. The predicted molar refractivity (Wildman–Crippen MR) is 120 cm³/mol. The Labute approximate surface area is 181 Å². The van der Waals surface area contributed by atoms with E-state index in [0.717, 1.165) is 12.0 Å². The fourth-order valence-corrected chi connectivity index (χ4v) is 2.70. The van der Waals surface area contributed by atoms with Gasteiger partial charge in [-0.1, -0.05) is 30.7 Å². The Morgan fingerprint density at radius 1 is 1.00 bits per heavy atom. The quantitative estimate of drug-likeness (QED) is 0.189. The second kappa shape index (κ2) is 12.7. The molecule has 0 aliphatic heterocycles. The average molecular weight is 425 g/mol. The van der Waals surface area contributed by atoms with Crippen molar-refractivity contribution in [1.29, 1.82) is 0 Å². The highest BCUT2D eigenvalue weighted by Gasteiger charge is 2.06. The third-order valence-electron chi connectivity index (χ3n) is 4.33. The molecule has 0 bridgehead atoms. The highest BCUT2D eigenvalue weighted by molar-refractivity contribution is 5.92. The summed E-state index contributed by atoms with van der Waals surface area (Å²) in [5.74, 6) is 0.105. The first-order valence-electron chi connectivity index (χ1n) is 9.93. The second-order valence-electron chi connectivity index (χ2n) is 6.73. The van der Waals surface area contributed by atoms with E-state index in [-0.39, 0.29) is 23.3 Å².